The van der Waals surface area contributed by atoms with E-state index in [1.807, 2.05) is 60.7 Å². The van der Waals surface area contributed by atoms with Crippen LogP contribution in [0, 0.1) is 0 Å². The fourth-order valence-corrected chi connectivity index (χ4v) is 4.19. The Labute approximate surface area is 177 Å². The van der Waals surface area contributed by atoms with Crippen LogP contribution in [0.3, 0.4) is 0 Å². The highest BCUT2D eigenvalue weighted by Crippen LogP contribution is 2.36. The summed E-state index contributed by atoms with van der Waals surface area (Å²) in [6.07, 6.45) is 0. The molecule has 3 aromatic carbocycles. The van der Waals surface area contributed by atoms with E-state index >= 15 is 0 Å². The molecule has 0 fully saturated rings. The number of imide groups is 1. The molecule has 4 aromatic rings. The van der Waals surface area contributed by atoms with Crippen LogP contribution in [0.2, 0.25) is 0 Å². The number of nitrogens with zero attached hydrogens (tertiary/aromatic N) is 2. The monoisotopic (exact) mass is 412 g/mol. The molecule has 0 aliphatic carbocycles. The Bertz CT molecular complexity index is 1140. The van der Waals surface area contributed by atoms with Gasteiger partial charge in [-0.3, -0.25) is 14.5 Å². The molecule has 5 rings (SSSR count). The van der Waals surface area contributed by atoms with E-state index in [0.29, 0.717) is 22.1 Å². The summed E-state index contributed by atoms with van der Waals surface area (Å²) in [4.78, 5) is 31.1. The summed E-state index contributed by atoms with van der Waals surface area (Å²) in [7, 11) is 0. The number of fused-ring (bicyclic) bond motifs is 1. The summed E-state index contributed by atoms with van der Waals surface area (Å²) in [6, 6.07) is 26.4. The number of rotatable bonds is 5. The van der Waals surface area contributed by atoms with Gasteiger partial charge in [0.1, 0.15) is 5.69 Å². The Morgan fingerprint density at radius 3 is 1.87 bits per heavy atom. The van der Waals surface area contributed by atoms with Crippen molar-refractivity contribution in [3.63, 3.8) is 0 Å². The van der Waals surface area contributed by atoms with Gasteiger partial charge in [0, 0.05) is 11.1 Å². The van der Waals surface area contributed by atoms with Crippen LogP contribution >= 0.6 is 11.8 Å². The van der Waals surface area contributed by atoms with Crippen molar-refractivity contribution in [1.29, 1.82) is 0 Å². The van der Waals surface area contributed by atoms with Crippen LogP contribution in [0.15, 0.2) is 94.6 Å². The van der Waals surface area contributed by atoms with Crippen molar-refractivity contribution in [3.8, 4) is 22.6 Å². The van der Waals surface area contributed by atoms with E-state index in [4.69, 9.17) is 4.42 Å². The third kappa shape index (κ3) is 3.21. The first kappa shape index (κ1) is 18.4. The van der Waals surface area contributed by atoms with Crippen molar-refractivity contribution in [2.45, 2.75) is 5.22 Å². The quantitative estimate of drug-likeness (QED) is 0.326. The molecule has 0 atom stereocenters. The highest BCUT2D eigenvalue weighted by Gasteiger charge is 2.35. The molecule has 30 heavy (non-hydrogen) atoms. The number of amides is 2. The number of hydrogen-bond donors (Lipinski definition) is 0. The molecule has 2 heterocycles. The summed E-state index contributed by atoms with van der Waals surface area (Å²) < 4.78 is 6.07. The van der Waals surface area contributed by atoms with Gasteiger partial charge in [0.05, 0.1) is 17.0 Å². The van der Waals surface area contributed by atoms with Gasteiger partial charge in [0.25, 0.3) is 17.0 Å². The molecule has 0 saturated heterocycles. The molecule has 1 aliphatic rings. The van der Waals surface area contributed by atoms with E-state index in [2.05, 4.69) is 4.98 Å². The molecule has 0 N–H and O–H groups in total. The third-order valence-electron chi connectivity index (χ3n) is 4.89. The minimum absolute atomic E-state index is 0.134. The largest absolute Gasteiger partial charge is 0.431 e. The Morgan fingerprint density at radius 2 is 1.27 bits per heavy atom. The van der Waals surface area contributed by atoms with Crippen LogP contribution in [0.1, 0.15) is 20.7 Å². The zero-order valence-corrected chi connectivity index (χ0v) is 16.6. The van der Waals surface area contributed by atoms with Gasteiger partial charge >= 0.3 is 0 Å². The lowest BCUT2D eigenvalue weighted by Crippen LogP contribution is -2.29. The van der Waals surface area contributed by atoms with Crippen LogP contribution < -0.4 is 0 Å². The highest BCUT2D eigenvalue weighted by atomic mass is 32.2. The first-order valence-electron chi connectivity index (χ1n) is 9.42. The Hall–Kier alpha value is -3.64. The second kappa shape index (κ2) is 7.65. The number of oxazole rings is 1. The molecular formula is C24H16N2O3S. The zero-order chi connectivity index (χ0) is 20.5. The van der Waals surface area contributed by atoms with E-state index in [-0.39, 0.29) is 17.7 Å². The average molecular weight is 412 g/mol. The first-order valence-corrected chi connectivity index (χ1v) is 10.4. The Kier molecular flexibility index (Phi) is 4.69. The molecule has 5 nitrogen and oxygen atoms in total. The molecule has 146 valence electrons. The lowest BCUT2D eigenvalue weighted by Gasteiger charge is -2.11. The topological polar surface area (TPSA) is 63.4 Å². The molecule has 2 amide bonds. The Morgan fingerprint density at radius 1 is 0.733 bits per heavy atom. The fraction of sp³-hybridized carbons (Fsp3) is 0.0417. The molecule has 0 bridgehead atoms. The maximum absolute atomic E-state index is 12.6. The molecule has 6 heteroatoms. The van der Waals surface area contributed by atoms with Crippen LogP contribution in [0.25, 0.3) is 22.6 Å². The van der Waals surface area contributed by atoms with Crippen molar-refractivity contribution in [2.75, 3.05) is 5.88 Å². The van der Waals surface area contributed by atoms with Gasteiger partial charge in [0.2, 0.25) is 0 Å². The molecule has 0 unspecified atom stereocenters. The number of carbonyl (C=O) groups is 2. The summed E-state index contributed by atoms with van der Waals surface area (Å²) >= 11 is 1.23. The van der Waals surface area contributed by atoms with Gasteiger partial charge in [-0.05, 0) is 23.9 Å². The fourth-order valence-electron chi connectivity index (χ4n) is 3.42. The molecule has 0 saturated carbocycles. The van der Waals surface area contributed by atoms with Gasteiger partial charge in [-0.25, -0.2) is 4.98 Å². The van der Waals surface area contributed by atoms with Crippen LogP contribution in [0.4, 0.5) is 0 Å². The van der Waals surface area contributed by atoms with Crippen LogP contribution in [0.5, 0.6) is 0 Å². The minimum Gasteiger partial charge on any atom is -0.431 e. The molecule has 0 spiro atoms. The van der Waals surface area contributed by atoms with E-state index in [9.17, 15) is 9.59 Å². The van der Waals surface area contributed by atoms with Crippen molar-refractivity contribution in [1.82, 2.24) is 9.88 Å². The SMILES string of the molecule is O=C1c2ccccc2C(=O)N1CSc1nc(-c2ccccc2)c(-c2ccccc2)o1. The lowest BCUT2D eigenvalue weighted by molar-refractivity contribution is 0.0684. The van der Waals surface area contributed by atoms with Crippen LogP contribution in [-0.4, -0.2) is 27.6 Å². The number of carbonyl (C=O) groups excluding carboxylic acids is 2. The average Bonchev–Trinajstić information content (AvgIpc) is 3.34. The van der Waals surface area contributed by atoms with E-state index < -0.39 is 0 Å². The van der Waals surface area contributed by atoms with Gasteiger partial charge in [-0.1, -0.05) is 72.8 Å². The van der Waals surface area contributed by atoms with E-state index in [1.165, 1.54) is 16.7 Å². The summed E-state index contributed by atoms with van der Waals surface area (Å²) in [5.74, 6) is 0.212. The predicted octanol–water partition coefficient (Wildman–Crippen LogP) is 5.35. The van der Waals surface area contributed by atoms with Crippen molar-refractivity contribution in [2.24, 2.45) is 0 Å². The summed E-state index contributed by atoms with van der Waals surface area (Å²) in [5, 5.41) is 0.407. The van der Waals surface area contributed by atoms with Gasteiger partial charge in [-0.2, -0.15) is 0 Å². The Balaban J connectivity index is 1.44. The van der Waals surface area contributed by atoms with Gasteiger partial charge in [-0.15, -0.1) is 0 Å². The zero-order valence-electron chi connectivity index (χ0n) is 15.8. The first-order chi connectivity index (χ1) is 14.7. The van der Waals surface area contributed by atoms with Crippen molar-refractivity contribution >= 4 is 23.6 Å². The van der Waals surface area contributed by atoms with Gasteiger partial charge in [0.15, 0.2) is 5.76 Å². The van der Waals surface area contributed by atoms with Crippen LogP contribution in [-0.2, 0) is 0 Å². The van der Waals surface area contributed by atoms with Crippen molar-refractivity contribution < 1.29 is 14.0 Å². The maximum atomic E-state index is 12.6. The standard InChI is InChI=1S/C24H16N2O3S/c27-22-18-13-7-8-14-19(18)23(28)26(22)15-30-24-25-20(16-9-3-1-4-10-16)21(29-24)17-11-5-2-6-12-17/h1-14H,15H2. The maximum Gasteiger partial charge on any atom is 0.262 e. The predicted molar refractivity (Wildman–Crippen MR) is 115 cm³/mol. The number of aromatic nitrogens is 1. The normalized spacial score (nSPS) is 13.0. The second-order valence-corrected chi connectivity index (χ2v) is 7.64. The smallest absolute Gasteiger partial charge is 0.262 e. The number of hydrogen-bond acceptors (Lipinski definition) is 5. The molecule has 1 aromatic heterocycles. The molecular weight excluding hydrogens is 396 g/mol. The minimum atomic E-state index is -0.291. The number of thioether (sulfide) groups is 1. The van der Waals surface area contributed by atoms with E-state index in [0.717, 1.165) is 16.8 Å². The van der Waals surface area contributed by atoms with E-state index in [1.54, 1.807) is 24.3 Å². The molecule has 1 aliphatic heterocycles. The summed E-state index contributed by atoms with van der Waals surface area (Å²) in [6.45, 7) is 0. The summed E-state index contributed by atoms with van der Waals surface area (Å²) in [5.41, 5.74) is 3.45. The van der Waals surface area contributed by atoms with Gasteiger partial charge < -0.3 is 4.42 Å². The second-order valence-electron chi connectivity index (χ2n) is 6.75. The highest BCUT2D eigenvalue weighted by molar-refractivity contribution is 7.99. The molecule has 0 radical (unpaired) electrons. The van der Waals surface area contributed by atoms with Crippen molar-refractivity contribution in [3.05, 3.63) is 96.1 Å². The third-order valence-corrected chi connectivity index (χ3v) is 5.69. The lowest BCUT2D eigenvalue weighted by atomic mass is 10.1. The number of benzene rings is 3.